The SMILES string of the molecule is C1=CN(Cc2ccccc2)Cc2c1c1ccccc1n2Cc1ccccc1. The zero-order valence-electron chi connectivity index (χ0n) is 15.3. The molecule has 2 nitrogen and oxygen atoms in total. The summed E-state index contributed by atoms with van der Waals surface area (Å²) in [5.41, 5.74) is 6.77. The molecule has 0 unspecified atom stereocenters. The molecule has 1 aromatic heterocycles. The first-order valence-electron chi connectivity index (χ1n) is 9.49. The van der Waals surface area contributed by atoms with Crippen LogP contribution in [0.1, 0.15) is 22.4 Å². The van der Waals surface area contributed by atoms with Crippen molar-refractivity contribution in [1.29, 1.82) is 0 Å². The summed E-state index contributed by atoms with van der Waals surface area (Å²) >= 11 is 0. The summed E-state index contributed by atoms with van der Waals surface area (Å²) in [4.78, 5) is 2.40. The highest BCUT2D eigenvalue weighted by Gasteiger charge is 2.20. The van der Waals surface area contributed by atoms with E-state index in [9.17, 15) is 0 Å². The second kappa shape index (κ2) is 6.81. The molecule has 5 rings (SSSR count). The van der Waals surface area contributed by atoms with Gasteiger partial charge in [-0.25, -0.2) is 0 Å². The molecular weight excluding hydrogens is 328 g/mol. The Bertz CT molecular complexity index is 1090. The van der Waals surface area contributed by atoms with E-state index in [2.05, 4.69) is 107 Å². The normalized spacial score (nSPS) is 13.1. The minimum Gasteiger partial charge on any atom is -0.367 e. The lowest BCUT2D eigenvalue weighted by molar-refractivity contribution is 0.350. The fourth-order valence-corrected chi connectivity index (χ4v) is 4.04. The van der Waals surface area contributed by atoms with Gasteiger partial charge in [0.05, 0.1) is 6.54 Å². The van der Waals surface area contributed by atoms with Crippen molar-refractivity contribution in [3.63, 3.8) is 0 Å². The van der Waals surface area contributed by atoms with Crippen LogP contribution < -0.4 is 0 Å². The molecule has 0 saturated heterocycles. The number of hydrogen-bond donors (Lipinski definition) is 0. The highest BCUT2D eigenvalue weighted by atomic mass is 15.1. The maximum atomic E-state index is 2.49. The van der Waals surface area contributed by atoms with Crippen molar-refractivity contribution < 1.29 is 0 Å². The van der Waals surface area contributed by atoms with Crippen LogP contribution in [0.15, 0.2) is 91.1 Å². The first-order chi connectivity index (χ1) is 13.4. The van der Waals surface area contributed by atoms with E-state index < -0.39 is 0 Å². The zero-order chi connectivity index (χ0) is 18.1. The van der Waals surface area contributed by atoms with Crippen LogP contribution in [-0.4, -0.2) is 9.47 Å². The van der Waals surface area contributed by atoms with Crippen LogP contribution >= 0.6 is 0 Å². The topological polar surface area (TPSA) is 8.17 Å². The van der Waals surface area contributed by atoms with Crippen LogP contribution in [-0.2, 0) is 19.6 Å². The summed E-state index contributed by atoms with van der Waals surface area (Å²) < 4.78 is 2.49. The first-order valence-corrected chi connectivity index (χ1v) is 9.49. The molecule has 0 aliphatic carbocycles. The van der Waals surface area contributed by atoms with E-state index in [1.807, 2.05) is 0 Å². The van der Waals surface area contributed by atoms with Gasteiger partial charge in [0.15, 0.2) is 0 Å². The van der Waals surface area contributed by atoms with Gasteiger partial charge in [-0.2, -0.15) is 0 Å². The summed E-state index contributed by atoms with van der Waals surface area (Å²) in [6.07, 6.45) is 4.53. The van der Waals surface area contributed by atoms with Crippen molar-refractivity contribution in [2.45, 2.75) is 19.6 Å². The molecule has 0 atom stereocenters. The van der Waals surface area contributed by atoms with E-state index in [0.717, 1.165) is 19.6 Å². The monoisotopic (exact) mass is 350 g/mol. The van der Waals surface area contributed by atoms with Gasteiger partial charge >= 0.3 is 0 Å². The summed E-state index contributed by atoms with van der Waals surface area (Å²) in [6.45, 7) is 2.77. The number of para-hydroxylation sites is 1. The van der Waals surface area contributed by atoms with Crippen LogP contribution in [0.4, 0.5) is 0 Å². The minimum absolute atomic E-state index is 0.906. The van der Waals surface area contributed by atoms with Crippen LogP contribution in [0.2, 0.25) is 0 Å². The Morgan fingerprint density at radius 1 is 0.667 bits per heavy atom. The van der Waals surface area contributed by atoms with Crippen molar-refractivity contribution in [3.8, 4) is 0 Å². The number of hydrogen-bond acceptors (Lipinski definition) is 1. The van der Waals surface area contributed by atoms with Crippen LogP contribution in [0.25, 0.3) is 17.0 Å². The van der Waals surface area contributed by atoms with Gasteiger partial charge in [0.1, 0.15) is 0 Å². The van der Waals surface area contributed by atoms with Gasteiger partial charge in [-0.15, -0.1) is 0 Å². The molecule has 3 aromatic carbocycles. The van der Waals surface area contributed by atoms with Gasteiger partial charge in [0.25, 0.3) is 0 Å². The van der Waals surface area contributed by atoms with E-state index in [1.165, 1.54) is 33.3 Å². The third kappa shape index (κ3) is 3.04. The molecule has 0 saturated carbocycles. The third-order valence-electron chi connectivity index (χ3n) is 5.34. The van der Waals surface area contributed by atoms with E-state index >= 15 is 0 Å². The second-order valence-electron chi connectivity index (χ2n) is 7.16. The number of benzene rings is 3. The average molecular weight is 350 g/mol. The van der Waals surface area contributed by atoms with E-state index in [4.69, 9.17) is 0 Å². The molecule has 1 aliphatic heterocycles. The lowest BCUT2D eigenvalue weighted by Crippen LogP contribution is -2.21. The summed E-state index contributed by atoms with van der Waals surface area (Å²) in [5, 5.41) is 1.35. The smallest absolute Gasteiger partial charge is 0.0586 e. The Morgan fingerprint density at radius 3 is 2.04 bits per heavy atom. The molecule has 0 fully saturated rings. The molecule has 0 bridgehead atoms. The van der Waals surface area contributed by atoms with Crippen LogP contribution in [0.3, 0.4) is 0 Å². The molecule has 1 aliphatic rings. The number of rotatable bonds is 4. The van der Waals surface area contributed by atoms with Crippen molar-refractivity contribution in [2.75, 3.05) is 0 Å². The van der Waals surface area contributed by atoms with E-state index in [-0.39, 0.29) is 0 Å². The number of nitrogens with zero attached hydrogens (tertiary/aromatic N) is 2. The number of aromatic nitrogens is 1. The molecule has 2 heterocycles. The fourth-order valence-electron chi connectivity index (χ4n) is 4.04. The maximum Gasteiger partial charge on any atom is 0.0586 e. The summed E-state index contributed by atoms with van der Waals surface area (Å²) in [5.74, 6) is 0. The Kier molecular flexibility index (Phi) is 4.02. The Morgan fingerprint density at radius 2 is 1.30 bits per heavy atom. The molecule has 0 amide bonds. The summed E-state index contributed by atoms with van der Waals surface area (Å²) in [7, 11) is 0. The lowest BCUT2D eigenvalue weighted by Gasteiger charge is -2.25. The highest BCUT2D eigenvalue weighted by Crippen LogP contribution is 2.32. The van der Waals surface area contributed by atoms with Gasteiger partial charge < -0.3 is 9.47 Å². The third-order valence-corrected chi connectivity index (χ3v) is 5.34. The second-order valence-corrected chi connectivity index (χ2v) is 7.16. The van der Waals surface area contributed by atoms with Gasteiger partial charge in [0, 0.05) is 41.4 Å². The Labute approximate surface area is 160 Å². The fraction of sp³-hybridized carbons (Fsp3) is 0.120. The van der Waals surface area contributed by atoms with E-state index in [1.54, 1.807) is 0 Å². The quantitative estimate of drug-likeness (QED) is 0.460. The minimum atomic E-state index is 0.906. The molecule has 27 heavy (non-hydrogen) atoms. The largest absolute Gasteiger partial charge is 0.367 e. The Balaban J connectivity index is 1.54. The van der Waals surface area contributed by atoms with Gasteiger partial charge in [0.2, 0.25) is 0 Å². The molecule has 4 aromatic rings. The first kappa shape index (κ1) is 16.0. The number of fused-ring (bicyclic) bond motifs is 3. The zero-order valence-corrected chi connectivity index (χ0v) is 15.3. The molecule has 0 N–H and O–H groups in total. The molecule has 0 radical (unpaired) electrons. The highest BCUT2D eigenvalue weighted by molar-refractivity contribution is 5.91. The van der Waals surface area contributed by atoms with Crippen molar-refractivity contribution in [3.05, 3.63) is 114 Å². The molecular formula is C25H22N2. The predicted molar refractivity (Wildman–Crippen MR) is 112 cm³/mol. The van der Waals surface area contributed by atoms with Gasteiger partial charge in [-0.05, 0) is 23.3 Å². The van der Waals surface area contributed by atoms with E-state index in [0.29, 0.717) is 0 Å². The summed E-state index contributed by atoms with van der Waals surface area (Å²) in [6, 6.07) is 30.2. The van der Waals surface area contributed by atoms with Crippen LogP contribution in [0, 0.1) is 0 Å². The van der Waals surface area contributed by atoms with Crippen molar-refractivity contribution in [2.24, 2.45) is 0 Å². The van der Waals surface area contributed by atoms with Crippen molar-refractivity contribution in [1.82, 2.24) is 9.47 Å². The predicted octanol–water partition coefficient (Wildman–Crippen LogP) is 5.68. The van der Waals surface area contributed by atoms with Crippen LogP contribution in [0.5, 0.6) is 0 Å². The molecule has 0 spiro atoms. The lowest BCUT2D eigenvalue weighted by atomic mass is 10.1. The average Bonchev–Trinajstić information content (AvgIpc) is 3.03. The van der Waals surface area contributed by atoms with Crippen molar-refractivity contribution >= 4 is 17.0 Å². The standard InChI is InChI=1S/C25H22N2/c1-3-9-20(10-4-1)17-26-16-15-23-22-13-7-8-14-24(22)27(25(23)19-26)18-21-11-5-2-6-12-21/h1-16H,17-19H2. The Hall–Kier alpha value is -3.26. The van der Waals surface area contributed by atoms with Gasteiger partial charge in [-0.3, -0.25) is 0 Å². The maximum absolute atomic E-state index is 2.49. The molecule has 132 valence electrons. The van der Waals surface area contributed by atoms with Gasteiger partial charge in [-0.1, -0.05) is 78.9 Å². The molecule has 2 heteroatoms.